The molecule has 144 valence electrons. The summed E-state index contributed by atoms with van der Waals surface area (Å²) in [5, 5.41) is 5.93. The third-order valence-electron chi connectivity index (χ3n) is 2.93. The predicted molar refractivity (Wildman–Crippen MR) is 90.5 cm³/mol. The van der Waals surface area contributed by atoms with Gasteiger partial charge in [-0.3, -0.25) is 18.8 Å². The Morgan fingerprint density at radius 1 is 0.958 bits per heavy atom. The molecule has 0 atom stereocenters. The van der Waals surface area contributed by atoms with Gasteiger partial charge < -0.3 is 30.2 Å². The number of amides is 1. The maximum absolute atomic E-state index is 11.6. The van der Waals surface area contributed by atoms with E-state index in [0.717, 1.165) is 30.8 Å². The minimum Gasteiger partial charge on any atom is -0.356 e. The second kappa shape index (κ2) is 12.1. The third kappa shape index (κ3) is 16.5. The largest absolute Gasteiger partial charge is 0.356 e. The van der Waals surface area contributed by atoms with Crippen molar-refractivity contribution in [2.75, 3.05) is 38.8 Å². The summed E-state index contributed by atoms with van der Waals surface area (Å²) in [6, 6.07) is 0. The molecule has 24 heavy (non-hydrogen) atoms. The van der Waals surface area contributed by atoms with Crippen LogP contribution < -0.4 is 10.6 Å². The average Bonchev–Trinajstić information content (AvgIpc) is 2.39. The highest BCUT2D eigenvalue weighted by Crippen LogP contribution is 2.40. The van der Waals surface area contributed by atoms with Gasteiger partial charge in [-0.05, 0) is 38.9 Å². The maximum Gasteiger partial charge on any atom is 0.339 e. The number of hydrogen-bond acceptors (Lipinski definition) is 5. The Kier molecular flexibility index (Phi) is 12.0. The normalized spacial score (nSPS) is 12.6. The number of carbonyl (C=O) groups excluding carboxylic acids is 1. The van der Waals surface area contributed by atoms with Gasteiger partial charge in [0, 0.05) is 13.0 Å². The summed E-state index contributed by atoms with van der Waals surface area (Å²) >= 11 is 0. The molecule has 0 spiro atoms. The van der Waals surface area contributed by atoms with Crippen molar-refractivity contribution in [3.8, 4) is 0 Å². The summed E-state index contributed by atoms with van der Waals surface area (Å²) < 4.78 is 22.0. The molecule has 0 heterocycles. The van der Waals surface area contributed by atoms with Crippen molar-refractivity contribution in [3.05, 3.63) is 0 Å². The molecule has 0 aromatic carbocycles. The van der Waals surface area contributed by atoms with E-state index < -0.39 is 27.8 Å². The highest BCUT2D eigenvalue weighted by molar-refractivity contribution is 7.52. The van der Waals surface area contributed by atoms with Crippen LogP contribution >= 0.6 is 15.2 Å². The van der Waals surface area contributed by atoms with Gasteiger partial charge in [-0.25, -0.2) is 0 Å². The Morgan fingerprint density at radius 3 is 2.04 bits per heavy atom. The number of nitrogens with zero attached hydrogens (tertiary/aromatic N) is 1. The molecule has 0 bridgehead atoms. The van der Waals surface area contributed by atoms with Crippen LogP contribution in [0.4, 0.5) is 0 Å². The fraction of sp³-hybridized carbons (Fsp3) is 0.917. The molecule has 0 aliphatic heterocycles. The van der Waals surface area contributed by atoms with Crippen LogP contribution in [0.3, 0.4) is 0 Å². The van der Waals surface area contributed by atoms with Crippen LogP contribution in [0.25, 0.3) is 0 Å². The van der Waals surface area contributed by atoms with Crippen LogP contribution in [-0.4, -0.2) is 69.1 Å². The molecule has 1 amide bonds. The van der Waals surface area contributed by atoms with Crippen molar-refractivity contribution < 1.29 is 33.5 Å². The van der Waals surface area contributed by atoms with Crippen LogP contribution in [-0.2, 0) is 13.9 Å². The Balaban J connectivity index is 4.02. The molecular weight excluding hydrogens is 360 g/mol. The minimum absolute atomic E-state index is 0.0156. The Hall–Kier alpha value is -0.310. The number of carbonyl (C=O) groups is 1. The van der Waals surface area contributed by atoms with E-state index in [-0.39, 0.29) is 25.3 Å². The Labute approximate surface area is 142 Å². The van der Waals surface area contributed by atoms with Crippen LogP contribution in [0.2, 0.25) is 0 Å². The summed E-state index contributed by atoms with van der Waals surface area (Å²) in [6.07, 6.45) is 0.729. The van der Waals surface area contributed by atoms with E-state index in [1.807, 2.05) is 0 Å². The van der Waals surface area contributed by atoms with E-state index in [2.05, 4.69) is 17.6 Å². The van der Waals surface area contributed by atoms with E-state index >= 15 is 0 Å². The van der Waals surface area contributed by atoms with Gasteiger partial charge >= 0.3 is 15.2 Å². The highest BCUT2D eigenvalue weighted by atomic mass is 31.2. The average molecular weight is 389 g/mol. The molecule has 0 unspecified atom stereocenters. The fourth-order valence-electron chi connectivity index (χ4n) is 2.00. The van der Waals surface area contributed by atoms with E-state index in [0.29, 0.717) is 6.54 Å². The monoisotopic (exact) mass is 389 g/mol. The maximum atomic E-state index is 11.6. The van der Waals surface area contributed by atoms with Crippen LogP contribution in [0, 0.1) is 0 Å². The molecule has 0 radical (unpaired) electrons. The van der Waals surface area contributed by atoms with E-state index in [1.165, 1.54) is 0 Å². The van der Waals surface area contributed by atoms with E-state index in [4.69, 9.17) is 19.6 Å². The standard InChI is InChI=1S/C12H29N3O7P2/c1-2-6-13-7-4-8-14-12(16)5-3-9-15(10-23(17,18)19)11-24(20,21)22/h13H,2-11H2,1H3,(H,14,16)(H2,17,18,19)(H2,20,21,22). The van der Waals surface area contributed by atoms with Gasteiger partial charge in [0.25, 0.3) is 0 Å². The lowest BCUT2D eigenvalue weighted by Gasteiger charge is -2.22. The molecule has 0 fully saturated rings. The van der Waals surface area contributed by atoms with Crippen molar-refractivity contribution in [1.29, 1.82) is 0 Å². The zero-order chi connectivity index (χ0) is 18.6. The molecule has 12 heteroatoms. The quantitative estimate of drug-likeness (QED) is 0.175. The molecule has 0 rings (SSSR count). The molecule has 0 aromatic heterocycles. The second-order valence-corrected chi connectivity index (χ2v) is 8.79. The lowest BCUT2D eigenvalue weighted by atomic mass is 10.3. The van der Waals surface area contributed by atoms with Crippen molar-refractivity contribution in [2.24, 2.45) is 0 Å². The molecule has 6 N–H and O–H groups in total. The molecule has 0 aliphatic carbocycles. The minimum atomic E-state index is -4.43. The SMILES string of the molecule is CCCNCCCNC(=O)CCCN(CP(=O)(O)O)CP(=O)(O)O. The van der Waals surface area contributed by atoms with Gasteiger partial charge in [0.05, 0.1) is 0 Å². The predicted octanol–water partition coefficient (Wildman–Crippen LogP) is -0.155. The first-order valence-corrected chi connectivity index (χ1v) is 11.4. The topological polar surface area (TPSA) is 159 Å². The van der Waals surface area contributed by atoms with Crippen LogP contribution in [0.1, 0.15) is 32.6 Å². The van der Waals surface area contributed by atoms with Gasteiger partial charge in [-0.2, -0.15) is 0 Å². The van der Waals surface area contributed by atoms with Gasteiger partial charge in [0.2, 0.25) is 5.91 Å². The van der Waals surface area contributed by atoms with Crippen LogP contribution in [0.15, 0.2) is 0 Å². The molecular formula is C12H29N3O7P2. The van der Waals surface area contributed by atoms with Crippen molar-refractivity contribution in [3.63, 3.8) is 0 Å². The first-order chi connectivity index (χ1) is 11.0. The van der Waals surface area contributed by atoms with Gasteiger partial charge in [0.1, 0.15) is 12.6 Å². The molecule has 0 aliphatic rings. The smallest absolute Gasteiger partial charge is 0.339 e. The summed E-state index contributed by atoms with van der Waals surface area (Å²) in [6.45, 7) is 4.36. The summed E-state index contributed by atoms with van der Waals surface area (Å²) in [7, 11) is -8.86. The van der Waals surface area contributed by atoms with E-state index in [1.54, 1.807) is 0 Å². The van der Waals surface area contributed by atoms with Crippen LogP contribution in [0.5, 0.6) is 0 Å². The zero-order valence-electron chi connectivity index (χ0n) is 13.9. The molecule has 0 aromatic rings. The van der Waals surface area contributed by atoms with Gasteiger partial charge in [0.15, 0.2) is 0 Å². The molecule has 10 nitrogen and oxygen atoms in total. The van der Waals surface area contributed by atoms with Gasteiger partial charge in [-0.15, -0.1) is 0 Å². The van der Waals surface area contributed by atoms with E-state index in [9.17, 15) is 13.9 Å². The number of hydrogen-bond donors (Lipinski definition) is 6. The summed E-state index contributed by atoms with van der Waals surface area (Å²) in [5.74, 6) is -0.196. The Morgan fingerprint density at radius 2 is 1.54 bits per heavy atom. The number of rotatable bonds is 14. The molecule has 0 saturated heterocycles. The third-order valence-corrected chi connectivity index (χ3v) is 4.46. The molecule has 0 saturated carbocycles. The lowest BCUT2D eigenvalue weighted by molar-refractivity contribution is -0.121. The first kappa shape index (κ1) is 23.7. The van der Waals surface area contributed by atoms with Crippen molar-refractivity contribution >= 4 is 21.1 Å². The van der Waals surface area contributed by atoms with Crippen molar-refractivity contribution in [1.82, 2.24) is 15.5 Å². The first-order valence-electron chi connectivity index (χ1n) is 7.82. The Bertz CT molecular complexity index is 428. The highest BCUT2D eigenvalue weighted by Gasteiger charge is 2.25. The lowest BCUT2D eigenvalue weighted by Crippen LogP contribution is -2.30. The number of nitrogens with one attached hydrogen (secondary N) is 2. The fourth-order valence-corrected chi connectivity index (χ4v) is 3.68. The van der Waals surface area contributed by atoms with Gasteiger partial charge in [-0.1, -0.05) is 6.92 Å². The second-order valence-electron chi connectivity index (χ2n) is 5.56. The van der Waals surface area contributed by atoms with Crippen molar-refractivity contribution in [2.45, 2.75) is 32.6 Å². The summed E-state index contributed by atoms with van der Waals surface area (Å²) in [5.41, 5.74) is 0. The zero-order valence-corrected chi connectivity index (χ0v) is 15.7. The summed E-state index contributed by atoms with van der Waals surface area (Å²) in [4.78, 5) is 48.3.